The highest BCUT2D eigenvalue weighted by Crippen LogP contribution is 1.98. The van der Waals surface area contributed by atoms with Crippen LogP contribution in [0, 0.1) is 0 Å². The zero-order valence-electron chi connectivity index (χ0n) is 8.65. The van der Waals surface area contributed by atoms with Crippen LogP contribution in [0.1, 0.15) is 0 Å². The van der Waals surface area contributed by atoms with E-state index in [0.717, 1.165) is 26.2 Å². The van der Waals surface area contributed by atoms with Gasteiger partial charge in [-0.25, -0.2) is 0 Å². The minimum Gasteiger partial charge on any atom is -0.339 e. The first-order valence-electron chi connectivity index (χ1n) is 4.35. The van der Waals surface area contributed by atoms with Gasteiger partial charge in [-0.15, -0.1) is 24.8 Å². The first kappa shape index (κ1) is 16.4. The Morgan fingerprint density at radius 3 is 2.14 bits per heavy atom. The lowest BCUT2D eigenvalue weighted by Gasteiger charge is -2.32. The number of nitrogens with zero attached hydrogens (tertiary/aromatic N) is 2. The molecule has 86 valence electrons. The molecule has 14 heavy (non-hydrogen) atoms. The summed E-state index contributed by atoms with van der Waals surface area (Å²) in [7, 11) is 3.88. The number of piperazine rings is 1. The van der Waals surface area contributed by atoms with E-state index in [1.165, 1.54) is 0 Å². The Morgan fingerprint density at radius 2 is 1.71 bits per heavy atom. The van der Waals surface area contributed by atoms with Gasteiger partial charge in [0.05, 0.1) is 6.54 Å². The third-order valence-corrected chi connectivity index (χ3v) is 2.18. The van der Waals surface area contributed by atoms with Gasteiger partial charge < -0.3 is 15.1 Å². The molecule has 1 aliphatic rings. The minimum absolute atomic E-state index is 0. The summed E-state index contributed by atoms with van der Waals surface area (Å²) in [6, 6.07) is 0. The van der Waals surface area contributed by atoms with E-state index in [1.54, 1.807) is 7.05 Å². The molecule has 1 heterocycles. The fraction of sp³-hybridized carbons (Fsp3) is 0.875. The Bertz CT molecular complexity index is 161. The van der Waals surface area contributed by atoms with E-state index in [0.29, 0.717) is 6.54 Å². The molecule has 1 amide bonds. The smallest absolute Gasteiger partial charge is 0.236 e. The summed E-state index contributed by atoms with van der Waals surface area (Å²) in [6.45, 7) is 4.20. The summed E-state index contributed by atoms with van der Waals surface area (Å²) in [6.07, 6.45) is 0. The lowest BCUT2D eigenvalue weighted by atomic mass is 10.3. The zero-order valence-corrected chi connectivity index (χ0v) is 10.3. The molecule has 0 aliphatic carbocycles. The van der Waals surface area contributed by atoms with Crippen molar-refractivity contribution < 1.29 is 4.79 Å². The van der Waals surface area contributed by atoms with Gasteiger partial charge in [-0.1, -0.05) is 0 Å². The van der Waals surface area contributed by atoms with Crippen LogP contribution in [-0.2, 0) is 4.79 Å². The van der Waals surface area contributed by atoms with Crippen LogP contribution < -0.4 is 5.32 Å². The fourth-order valence-corrected chi connectivity index (χ4v) is 1.32. The maximum atomic E-state index is 11.3. The number of carbonyl (C=O) groups excluding carboxylic acids is 1. The van der Waals surface area contributed by atoms with Gasteiger partial charge in [-0.2, -0.15) is 0 Å². The summed E-state index contributed by atoms with van der Waals surface area (Å²) in [5.41, 5.74) is 0. The van der Waals surface area contributed by atoms with Crippen LogP contribution in [0.3, 0.4) is 0 Å². The van der Waals surface area contributed by atoms with Crippen molar-refractivity contribution >= 4 is 30.7 Å². The molecule has 0 atom stereocenters. The van der Waals surface area contributed by atoms with Gasteiger partial charge in [0.25, 0.3) is 0 Å². The van der Waals surface area contributed by atoms with Crippen molar-refractivity contribution in [1.82, 2.24) is 15.1 Å². The maximum Gasteiger partial charge on any atom is 0.236 e. The molecule has 1 fully saturated rings. The first-order valence-corrected chi connectivity index (χ1v) is 4.35. The van der Waals surface area contributed by atoms with Gasteiger partial charge in [0, 0.05) is 26.2 Å². The van der Waals surface area contributed by atoms with Crippen LogP contribution >= 0.6 is 24.8 Å². The third kappa shape index (κ3) is 5.00. The predicted molar refractivity (Wildman–Crippen MR) is 62.5 cm³/mol. The molecule has 1 N–H and O–H groups in total. The van der Waals surface area contributed by atoms with Gasteiger partial charge in [-0.3, -0.25) is 4.79 Å². The number of amides is 1. The summed E-state index contributed by atoms with van der Waals surface area (Å²) in [4.78, 5) is 15.5. The summed E-state index contributed by atoms with van der Waals surface area (Å²) < 4.78 is 0. The van der Waals surface area contributed by atoms with Crippen LogP contribution in [0.5, 0.6) is 0 Å². The molecule has 0 unspecified atom stereocenters. The van der Waals surface area contributed by atoms with Crippen LogP contribution in [0.4, 0.5) is 0 Å². The Labute approximate surface area is 97.8 Å². The van der Waals surface area contributed by atoms with Gasteiger partial charge >= 0.3 is 0 Å². The number of halogens is 2. The predicted octanol–water partition coefficient (Wildman–Crippen LogP) is -0.177. The Hall–Kier alpha value is -0.0300. The van der Waals surface area contributed by atoms with Gasteiger partial charge in [0.15, 0.2) is 0 Å². The van der Waals surface area contributed by atoms with Crippen molar-refractivity contribution in [1.29, 1.82) is 0 Å². The van der Waals surface area contributed by atoms with Crippen LogP contribution in [0.15, 0.2) is 0 Å². The van der Waals surface area contributed by atoms with E-state index in [9.17, 15) is 4.79 Å². The molecule has 1 aliphatic heterocycles. The number of hydrogen-bond acceptors (Lipinski definition) is 3. The first-order chi connectivity index (χ1) is 5.74. The van der Waals surface area contributed by atoms with E-state index in [2.05, 4.69) is 17.3 Å². The van der Waals surface area contributed by atoms with Crippen molar-refractivity contribution in [3.8, 4) is 0 Å². The third-order valence-electron chi connectivity index (χ3n) is 2.18. The van der Waals surface area contributed by atoms with E-state index >= 15 is 0 Å². The molecule has 6 heteroatoms. The number of likely N-dealkylation sites (N-methyl/N-ethyl adjacent to an activating group) is 2. The summed E-state index contributed by atoms with van der Waals surface area (Å²) in [5, 5.41) is 2.87. The Balaban J connectivity index is 0. The molecular formula is C8H19Cl2N3O. The SMILES string of the molecule is CNCC(=O)N1CCN(C)CC1.Cl.Cl. The van der Waals surface area contributed by atoms with Crippen molar-refractivity contribution in [3.05, 3.63) is 0 Å². The second kappa shape index (κ2) is 8.29. The van der Waals surface area contributed by atoms with Gasteiger partial charge in [0.1, 0.15) is 0 Å². The Morgan fingerprint density at radius 1 is 1.21 bits per heavy atom. The van der Waals surface area contributed by atoms with Crippen molar-refractivity contribution in [2.45, 2.75) is 0 Å². The van der Waals surface area contributed by atoms with Gasteiger partial charge in [-0.05, 0) is 14.1 Å². The number of nitrogens with one attached hydrogen (secondary N) is 1. The topological polar surface area (TPSA) is 35.6 Å². The molecule has 0 saturated carbocycles. The van der Waals surface area contributed by atoms with Crippen molar-refractivity contribution in [2.24, 2.45) is 0 Å². The van der Waals surface area contributed by atoms with E-state index in [4.69, 9.17) is 0 Å². The lowest BCUT2D eigenvalue weighted by molar-refractivity contribution is -0.131. The normalized spacial score (nSPS) is 16.9. The zero-order chi connectivity index (χ0) is 8.97. The quantitative estimate of drug-likeness (QED) is 0.732. The van der Waals surface area contributed by atoms with Crippen LogP contribution in [-0.4, -0.2) is 62.5 Å². The molecule has 0 spiro atoms. The van der Waals surface area contributed by atoms with Crippen molar-refractivity contribution in [2.75, 3.05) is 46.8 Å². The minimum atomic E-state index is 0. The average Bonchev–Trinajstić information content (AvgIpc) is 2.06. The van der Waals surface area contributed by atoms with Crippen molar-refractivity contribution in [3.63, 3.8) is 0 Å². The second-order valence-electron chi connectivity index (χ2n) is 3.21. The molecule has 0 radical (unpaired) electrons. The molecule has 1 saturated heterocycles. The number of hydrogen-bond donors (Lipinski definition) is 1. The number of rotatable bonds is 2. The van der Waals surface area contributed by atoms with E-state index in [-0.39, 0.29) is 30.7 Å². The molecule has 1 rings (SSSR count). The lowest BCUT2D eigenvalue weighted by Crippen LogP contribution is -2.49. The van der Waals surface area contributed by atoms with Crippen LogP contribution in [0.2, 0.25) is 0 Å². The largest absolute Gasteiger partial charge is 0.339 e. The van der Waals surface area contributed by atoms with Gasteiger partial charge in [0.2, 0.25) is 5.91 Å². The molecule has 0 aromatic carbocycles. The maximum absolute atomic E-state index is 11.3. The highest BCUT2D eigenvalue weighted by Gasteiger charge is 2.17. The van der Waals surface area contributed by atoms with Crippen LogP contribution in [0.25, 0.3) is 0 Å². The highest BCUT2D eigenvalue weighted by atomic mass is 35.5. The summed E-state index contributed by atoms with van der Waals surface area (Å²) >= 11 is 0. The molecule has 0 aromatic rings. The fourth-order valence-electron chi connectivity index (χ4n) is 1.32. The van der Waals surface area contributed by atoms with E-state index < -0.39 is 0 Å². The Kier molecular flexibility index (Phi) is 9.72. The molecule has 0 bridgehead atoms. The molecular weight excluding hydrogens is 225 g/mol. The highest BCUT2D eigenvalue weighted by molar-refractivity contribution is 5.85. The number of carbonyl (C=O) groups is 1. The standard InChI is InChI=1S/C8H17N3O.2ClH/c1-9-7-8(12)11-5-3-10(2)4-6-11;;/h9H,3-7H2,1-2H3;2*1H. The monoisotopic (exact) mass is 243 g/mol. The molecule has 0 aromatic heterocycles. The average molecular weight is 244 g/mol. The second-order valence-corrected chi connectivity index (χ2v) is 3.21. The molecule has 4 nitrogen and oxygen atoms in total. The summed E-state index contributed by atoms with van der Waals surface area (Å²) in [5.74, 6) is 0.214. The van der Waals surface area contributed by atoms with E-state index in [1.807, 2.05) is 4.90 Å².